The predicted octanol–water partition coefficient (Wildman–Crippen LogP) is 2.33. The van der Waals surface area contributed by atoms with Crippen LogP contribution in [0.4, 0.5) is 19.0 Å². The Balaban J connectivity index is 2.55. The van der Waals surface area contributed by atoms with Gasteiger partial charge in [-0.15, -0.1) is 5.10 Å². The van der Waals surface area contributed by atoms with Gasteiger partial charge in [0.15, 0.2) is 0 Å². The summed E-state index contributed by atoms with van der Waals surface area (Å²) < 4.78 is 39.9. The Kier molecular flexibility index (Phi) is 3.41. The van der Waals surface area contributed by atoms with Gasteiger partial charge in [0.25, 0.3) is 0 Å². The van der Waals surface area contributed by atoms with Gasteiger partial charge >= 0.3 is 6.18 Å². The highest BCUT2D eigenvalue weighted by atomic mass is 19.4. The third-order valence-corrected chi connectivity index (χ3v) is 2.49. The second kappa shape index (κ2) is 4.87. The standard InChI is InChI=1S/C11H12F3N5/c1-3-15-10-5-7(11(12,13)14)4-8(17-10)9-6-16-18-19(9)2/h4-6H,3H2,1-2H3,(H,15,17). The van der Waals surface area contributed by atoms with E-state index in [1.807, 2.05) is 0 Å². The molecule has 1 N–H and O–H groups in total. The van der Waals surface area contributed by atoms with Gasteiger partial charge in [-0.05, 0) is 19.1 Å². The van der Waals surface area contributed by atoms with Gasteiger partial charge in [0.1, 0.15) is 11.5 Å². The molecule has 0 aliphatic heterocycles. The lowest BCUT2D eigenvalue weighted by Crippen LogP contribution is -2.09. The minimum Gasteiger partial charge on any atom is -0.370 e. The maximum absolute atomic E-state index is 12.8. The zero-order valence-electron chi connectivity index (χ0n) is 10.4. The molecular formula is C11H12F3N5. The summed E-state index contributed by atoms with van der Waals surface area (Å²) in [6.45, 7) is 2.27. The van der Waals surface area contributed by atoms with Crippen LogP contribution < -0.4 is 5.32 Å². The van der Waals surface area contributed by atoms with Crippen molar-refractivity contribution in [3.8, 4) is 11.4 Å². The van der Waals surface area contributed by atoms with Crippen molar-refractivity contribution in [1.82, 2.24) is 20.0 Å². The molecule has 0 amide bonds. The normalized spacial score (nSPS) is 11.6. The summed E-state index contributed by atoms with van der Waals surface area (Å²) in [5.41, 5.74) is -0.154. The fraction of sp³-hybridized carbons (Fsp3) is 0.364. The SMILES string of the molecule is CCNc1cc(C(F)(F)F)cc(-c2cnnn2C)n1. The maximum Gasteiger partial charge on any atom is 0.416 e. The van der Waals surface area contributed by atoms with Gasteiger partial charge in [0.2, 0.25) is 0 Å². The molecule has 2 rings (SSSR count). The second-order valence-corrected chi connectivity index (χ2v) is 3.90. The molecule has 8 heteroatoms. The van der Waals surface area contributed by atoms with E-state index in [1.54, 1.807) is 14.0 Å². The van der Waals surface area contributed by atoms with Gasteiger partial charge < -0.3 is 5.32 Å². The van der Waals surface area contributed by atoms with Crippen molar-refractivity contribution < 1.29 is 13.2 Å². The molecule has 0 bridgehead atoms. The first-order valence-electron chi connectivity index (χ1n) is 5.60. The van der Waals surface area contributed by atoms with Crippen molar-refractivity contribution in [3.63, 3.8) is 0 Å². The Labute approximate surface area is 107 Å². The lowest BCUT2D eigenvalue weighted by Gasteiger charge is -2.11. The van der Waals surface area contributed by atoms with Crippen molar-refractivity contribution in [2.24, 2.45) is 7.05 Å². The first kappa shape index (κ1) is 13.3. The number of halogens is 3. The van der Waals surface area contributed by atoms with Crippen LogP contribution in [0.3, 0.4) is 0 Å². The summed E-state index contributed by atoms with van der Waals surface area (Å²) >= 11 is 0. The number of hydrogen-bond acceptors (Lipinski definition) is 4. The van der Waals surface area contributed by atoms with Crippen LogP contribution in [0.25, 0.3) is 11.4 Å². The molecule has 2 aromatic rings. The Hall–Kier alpha value is -2.12. The quantitative estimate of drug-likeness (QED) is 0.930. The van der Waals surface area contributed by atoms with Gasteiger partial charge in [-0.25, -0.2) is 9.67 Å². The van der Waals surface area contributed by atoms with Crippen molar-refractivity contribution in [2.75, 3.05) is 11.9 Å². The topological polar surface area (TPSA) is 55.6 Å². The molecule has 2 aromatic heterocycles. The van der Waals surface area contributed by atoms with Crippen molar-refractivity contribution >= 4 is 5.82 Å². The van der Waals surface area contributed by atoms with Gasteiger partial charge in [-0.1, -0.05) is 5.21 Å². The number of pyridine rings is 1. The minimum atomic E-state index is -4.42. The first-order chi connectivity index (χ1) is 8.91. The molecule has 0 spiro atoms. The molecule has 0 unspecified atom stereocenters. The van der Waals surface area contributed by atoms with Crippen LogP contribution in [0.2, 0.25) is 0 Å². The van der Waals surface area contributed by atoms with Crippen LogP contribution in [0, 0.1) is 0 Å². The third kappa shape index (κ3) is 2.83. The van der Waals surface area contributed by atoms with Crippen LogP contribution >= 0.6 is 0 Å². The molecule has 5 nitrogen and oxygen atoms in total. The summed E-state index contributed by atoms with van der Waals surface area (Å²) in [5, 5.41) is 10.1. The molecule has 0 aromatic carbocycles. The lowest BCUT2D eigenvalue weighted by molar-refractivity contribution is -0.137. The van der Waals surface area contributed by atoms with Gasteiger partial charge in [0, 0.05) is 13.6 Å². The fourth-order valence-corrected chi connectivity index (χ4v) is 1.62. The smallest absolute Gasteiger partial charge is 0.370 e. The number of nitrogens with one attached hydrogen (secondary N) is 1. The van der Waals surface area contributed by atoms with Gasteiger partial charge in [-0.2, -0.15) is 13.2 Å². The Morgan fingerprint density at radius 2 is 2.05 bits per heavy atom. The predicted molar refractivity (Wildman–Crippen MR) is 63.4 cm³/mol. The molecular weight excluding hydrogens is 259 g/mol. The Morgan fingerprint density at radius 3 is 2.58 bits per heavy atom. The van der Waals surface area contributed by atoms with Crippen LogP contribution in [0.5, 0.6) is 0 Å². The molecule has 0 aliphatic rings. The lowest BCUT2D eigenvalue weighted by atomic mass is 10.2. The van der Waals surface area contributed by atoms with Crippen molar-refractivity contribution in [2.45, 2.75) is 13.1 Å². The zero-order chi connectivity index (χ0) is 14.0. The third-order valence-electron chi connectivity index (χ3n) is 2.49. The monoisotopic (exact) mass is 271 g/mol. The number of nitrogens with zero attached hydrogens (tertiary/aromatic N) is 4. The molecule has 0 aliphatic carbocycles. The summed E-state index contributed by atoms with van der Waals surface area (Å²) in [6.07, 6.45) is -3.05. The van der Waals surface area contributed by atoms with E-state index in [4.69, 9.17) is 0 Å². The average Bonchev–Trinajstić information content (AvgIpc) is 2.74. The molecule has 19 heavy (non-hydrogen) atoms. The van der Waals surface area contributed by atoms with E-state index >= 15 is 0 Å². The van der Waals surface area contributed by atoms with E-state index in [2.05, 4.69) is 20.6 Å². The van der Waals surface area contributed by atoms with Crippen LogP contribution in [0.15, 0.2) is 18.3 Å². The number of hydrogen-bond donors (Lipinski definition) is 1. The number of alkyl halides is 3. The summed E-state index contributed by atoms with van der Waals surface area (Å²) in [7, 11) is 1.59. The molecule has 0 fully saturated rings. The number of aromatic nitrogens is 4. The molecule has 0 saturated carbocycles. The molecule has 0 saturated heterocycles. The number of rotatable bonds is 3. The highest BCUT2D eigenvalue weighted by molar-refractivity contribution is 5.58. The molecule has 0 atom stereocenters. The highest BCUT2D eigenvalue weighted by Gasteiger charge is 2.32. The maximum atomic E-state index is 12.8. The summed E-state index contributed by atoms with van der Waals surface area (Å²) in [4.78, 5) is 4.13. The van der Waals surface area contributed by atoms with E-state index in [-0.39, 0.29) is 11.5 Å². The summed E-state index contributed by atoms with van der Waals surface area (Å²) in [5.74, 6) is 0.175. The van der Waals surface area contributed by atoms with E-state index in [9.17, 15) is 13.2 Å². The van der Waals surface area contributed by atoms with E-state index in [1.165, 1.54) is 10.9 Å². The minimum absolute atomic E-state index is 0.175. The van der Waals surface area contributed by atoms with E-state index in [0.29, 0.717) is 12.2 Å². The number of anilines is 1. The van der Waals surface area contributed by atoms with Crippen molar-refractivity contribution in [1.29, 1.82) is 0 Å². The Morgan fingerprint density at radius 1 is 1.32 bits per heavy atom. The molecule has 0 radical (unpaired) electrons. The second-order valence-electron chi connectivity index (χ2n) is 3.90. The van der Waals surface area contributed by atoms with Crippen LogP contribution in [-0.4, -0.2) is 26.5 Å². The average molecular weight is 271 g/mol. The zero-order valence-corrected chi connectivity index (χ0v) is 10.4. The van der Waals surface area contributed by atoms with Crippen LogP contribution in [-0.2, 0) is 13.2 Å². The van der Waals surface area contributed by atoms with Gasteiger partial charge in [0.05, 0.1) is 17.5 Å². The largest absolute Gasteiger partial charge is 0.416 e. The fourth-order valence-electron chi connectivity index (χ4n) is 1.62. The number of aryl methyl sites for hydroxylation is 1. The van der Waals surface area contributed by atoms with Crippen molar-refractivity contribution in [3.05, 3.63) is 23.9 Å². The Bertz CT molecular complexity index is 576. The first-order valence-corrected chi connectivity index (χ1v) is 5.60. The van der Waals surface area contributed by atoms with E-state index in [0.717, 1.165) is 12.1 Å². The molecule has 102 valence electrons. The van der Waals surface area contributed by atoms with Gasteiger partial charge in [-0.3, -0.25) is 0 Å². The van der Waals surface area contributed by atoms with E-state index < -0.39 is 11.7 Å². The van der Waals surface area contributed by atoms with Crippen LogP contribution in [0.1, 0.15) is 12.5 Å². The molecule has 2 heterocycles. The highest BCUT2D eigenvalue weighted by Crippen LogP contribution is 2.32. The summed E-state index contributed by atoms with van der Waals surface area (Å²) in [6, 6.07) is 1.97.